The van der Waals surface area contributed by atoms with E-state index in [2.05, 4.69) is 9.98 Å². The molecule has 0 spiro atoms. The number of aromatic nitrogens is 1. The van der Waals surface area contributed by atoms with Gasteiger partial charge < -0.3 is 21.3 Å². The van der Waals surface area contributed by atoms with Crippen LogP contribution in [0.3, 0.4) is 0 Å². The van der Waals surface area contributed by atoms with Crippen LogP contribution in [0.4, 0.5) is 18.9 Å². The molecule has 38 heavy (non-hydrogen) atoms. The summed E-state index contributed by atoms with van der Waals surface area (Å²) in [5.41, 5.74) is 12.5. The molecule has 0 saturated heterocycles. The second-order valence-corrected chi connectivity index (χ2v) is 11.0. The van der Waals surface area contributed by atoms with Gasteiger partial charge in [-0.3, -0.25) is 9.78 Å². The van der Waals surface area contributed by atoms with Crippen LogP contribution in [0, 0.1) is 0 Å². The van der Waals surface area contributed by atoms with Crippen molar-refractivity contribution in [2.24, 2.45) is 16.5 Å². The van der Waals surface area contributed by atoms with Crippen LogP contribution in [0.15, 0.2) is 28.9 Å². The van der Waals surface area contributed by atoms with E-state index in [0.29, 0.717) is 36.5 Å². The molecular formula is C27H37F3N6OS. The number of rotatable bonds is 12. The lowest BCUT2D eigenvalue weighted by Gasteiger charge is -2.24. The van der Waals surface area contributed by atoms with Crippen LogP contribution in [0.2, 0.25) is 0 Å². The number of carbonyl (C=O) groups is 1. The SMILES string of the molecule is CCCN(Cc1cnc(CN(C)C)c(C(F)(F)F)c1)C(=O)C1=Cc2sc(CCCCCN)cc2N=C(N)C1. The second kappa shape index (κ2) is 13.3. The fourth-order valence-corrected chi connectivity index (χ4v) is 5.47. The number of fused-ring (bicyclic) bond motifs is 1. The Balaban J connectivity index is 1.85. The topological polar surface area (TPSA) is 101 Å². The van der Waals surface area contributed by atoms with Crippen molar-refractivity contribution in [2.45, 2.75) is 64.7 Å². The van der Waals surface area contributed by atoms with Gasteiger partial charge in [0.15, 0.2) is 0 Å². The molecule has 3 rings (SSSR count). The van der Waals surface area contributed by atoms with Crippen LogP contribution in [0.1, 0.15) is 65.6 Å². The minimum absolute atomic E-state index is 0.0169. The van der Waals surface area contributed by atoms with Gasteiger partial charge in [0, 0.05) is 42.7 Å². The number of nitrogens with zero attached hydrogens (tertiary/aromatic N) is 4. The minimum Gasteiger partial charge on any atom is -0.387 e. The van der Waals surface area contributed by atoms with Crippen molar-refractivity contribution < 1.29 is 18.0 Å². The average molecular weight is 551 g/mol. The Morgan fingerprint density at radius 2 is 1.92 bits per heavy atom. The van der Waals surface area contributed by atoms with E-state index in [1.165, 1.54) is 11.1 Å². The van der Waals surface area contributed by atoms with Gasteiger partial charge in [-0.15, -0.1) is 11.3 Å². The number of amidine groups is 1. The van der Waals surface area contributed by atoms with E-state index in [9.17, 15) is 18.0 Å². The summed E-state index contributed by atoms with van der Waals surface area (Å²) >= 11 is 1.59. The van der Waals surface area contributed by atoms with Crippen molar-refractivity contribution in [1.29, 1.82) is 0 Å². The molecule has 2 aromatic heterocycles. The fraction of sp³-hybridized carbons (Fsp3) is 0.519. The predicted octanol–water partition coefficient (Wildman–Crippen LogP) is 5.11. The minimum atomic E-state index is -4.54. The first-order valence-electron chi connectivity index (χ1n) is 12.9. The number of nitrogens with two attached hydrogens (primary N) is 2. The number of carbonyl (C=O) groups excluding carboxylic acids is 1. The van der Waals surface area contributed by atoms with Crippen molar-refractivity contribution in [2.75, 3.05) is 27.2 Å². The molecule has 0 aromatic carbocycles. The van der Waals surface area contributed by atoms with Crippen LogP contribution >= 0.6 is 11.3 Å². The molecule has 0 fully saturated rings. The molecule has 1 amide bonds. The summed E-state index contributed by atoms with van der Waals surface area (Å²) < 4.78 is 41.3. The zero-order chi connectivity index (χ0) is 27.9. The molecule has 0 atom stereocenters. The van der Waals surface area contributed by atoms with Gasteiger partial charge in [0.2, 0.25) is 0 Å². The summed E-state index contributed by atoms with van der Waals surface area (Å²) in [5, 5.41) is 0. The van der Waals surface area contributed by atoms with E-state index in [1.54, 1.807) is 35.2 Å². The largest absolute Gasteiger partial charge is 0.418 e. The van der Waals surface area contributed by atoms with Crippen molar-refractivity contribution >= 4 is 34.8 Å². The third kappa shape index (κ3) is 8.12. The first-order valence-corrected chi connectivity index (χ1v) is 13.7. The van der Waals surface area contributed by atoms with Crippen LogP contribution in [0.5, 0.6) is 0 Å². The normalized spacial score (nSPS) is 13.7. The number of amides is 1. The van der Waals surface area contributed by atoms with E-state index >= 15 is 0 Å². The number of hydrogen-bond donors (Lipinski definition) is 2. The van der Waals surface area contributed by atoms with Crippen LogP contribution in [0.25, 0.3) is 6.08 Å². The van der Waals surface area contributed by atoms with E-state index in [0.717, 1.165) is 42.3 Å². The van der Waals surface area contributed by atoms with E-state index in [4.69, 9.17) is 11.5 Å². The quantitative estimate of drug-likeness (QED) is 0.358. The lowest BCUT2D eigenvalue weighted by Crippen LogP contribution is -2.33. The molecular weight excluding hydrogens is 513 g/mol. The van der Waals surface area contributed by atoms with Crippen LogP contribution < -0.4 is 11.5 Å². The number of alkyl halides is 3. The van der Waals surface area contributed by atoms with Gasteiger partial charge in [-0.1, -0.05) is 13.3 Å². The number of pyridine rings is 1. The summed E-state index contributed by atoms with van der Waals surface area (Å²) in [5.74, 6) is 0.0722. The Morgan fingerprint density at radius 1 is 1.16 bits per heavy atom. The number of aliphatic imine (C=N–C) groups is 1. The Morgan fingerprint density at radius 3 is 2.58 bits per heavy atom. The van der Waals surface area contributed by atoms with Gasteiger partial charge in [0.1, 0.15) is 5.84 Å². The van der Waals surface area contributed by atoms with Gasteiger partial charge in [0.25, 0.3) is 5.91 Å². The Labute approximate surface area is 226 Å². The highest BCUT2D eigenvalue weighted by atomic mass is 32.1. The first-order chi connectivity index (χ1) is 18.0. The first kappa shape index (κ1) is 29.8. The van der Waals surface area contributed by atoms with Crippen molar-refractivity contribution in [3.05, 3.63) is 50.5 Å². The number of hydrogen-bond acceptors (Lipinski definition) is 7. The van der Waals surface area contributed by atoms with E-state index in [-0.39, 0.29) is 31.1 Å². The maximum atomic E-state index is 13.8. The second-order valence-electron chi connectivity index (χ2n) is 9.81. The summed E-state index contributed by atoms with van der Waals surface area (Å²) in [6.45, 7) is 3.07. The molecule has 0 radical (unpaired) electrons. The Hall–Kier alpha value is -2.76. The van der Waals surface area contributed by atoms with Gasteiger partial charge in [-0.2, -0.15) is 13.2 Å². The lowest BCUT2D eigenvalue weighted by atomic mass is 10.1. The zero-order valence-electron chi connectivity index (χ0n) is 22.3. The predicted molar refractivity (Wildman–Crippen MR) is 147 cm³/mol. The smallest absolute Gasteiger partial charge is 0.387 e. The molecule has 0 bridgehead atoms. The van der Waals surface area contributed by atoms with Gasteiger partial charge in [-0.25, -0.2) is 4.99 Å². The molecule has 1 aliphatic heterocycles. The van der Waals surface area contributed by atoms with E-state index < -0.39 is 11.7 Å². The lowest BCUT2D eigenvalue weighted by molar-refractivity contribution is -0.138. The molecule has 3 heterocycles. The summed E-state index contributed by atoms with van der Waals surface area (Å²) in [6.07, 6.45) is 3.52. The third-order valence-corrected chi connectivity index (χ3v) is 7.22. The number of aryl methyl sites for hydroxylation is 1. The monoisotopic (exact) mass is 550 g/mol. The van der Waals surface area contributed by atoms with Crippen LogP contribution in [-0.4, -0.2) is 53.7 Å². The highest BCUT2D eigenvalue weighted by molar-refractivity contribution is 7.13. The molecule has 1 aliphatic rings. The Bertz CT molecular complexity index is 1170. The highest BCUT2D eigenvalue weighted by Crippen LogP contribution is 2.36. The summed E-state index contributed by atoms with van der Waals surface area (Å²) in [4.78, 5) is 27.5. The summed E-state index contributed by atoms with van der Waals surface area (Å²) in [6, 6.07) is 3.12. The number of halogens is 3. The molecule has 0 aliphatic carbocycles. The standard InChI is InChI=1S/C27H37F3N6OS/c1-4-10-36(16-18-11-21(27(28,29)30)23(33-15-18)17-35(2)3)26(37)19-12-24-22(34-25(32)13-19)14-20(38-24)8-6-5-7-9-31/h11-12,14-15H,4-10,13,16-17,31H2,1-3H3,(H2,32,34). The number of thiophene rings is 1. The molecule has 208 valence electrons. The average Bonchev–Trinajstić information content (AvgIpc) is 3.13. The number of unbranched alkanes of at least 4 members (excludes halogenated alkanes) is 2. The summed E-state index contributed by atoms with van der Waals surface area (Å²) in [7, 11) is 3.38. The molecule has 4 N–H and O–H groups in total. The van der Waals surface area contributed by atoms with Gasteiger partial charge in [-0.05, 0) is 70.1 Å². The van der Waals surface area contributed by atoms with Crippen molar-refractivity contribution in [3.8, 4) is 0 Å². The Kier molecular flexibility index (Phi) is 10.5. The molecule has 2 aromatic rings. The third-order valence-electron chi connectivity index (χ3n) is 6.09. The van der Waals surface area contributed by atoms with Gasteiger partial charge in [0.05, 0.1) is 21.8 Å². The van der Waals surface area contributed by atoms with Gasteiger partial charge >= 0.3 is 6.18 Å². The fourth-order valence-electron chi connectivity index (χ4n) is 4.36. The van der Waals surface area contributed by atoms with E-state index in [1.807, 2.05) is 19.1 Å². The highest BCUT2D eigenvalue weighted by Gasteiger charge is 2.35. The maximum absolute atomic E-state index is 13.8. The maximum Gasteiger partial charge on any atom is 0.418 e. The zero-order valence-corrected chi connectivity index (χ0v) is 23.1. The van der Waals surface area contributed by atoms with Crippen molar-refractivity contribution in [1.82, 2.24) is 14.8 Å². The molecule has 0 saturated carbocycles. The van der Waals surface area contributed by atoms with Crippen molar-refractivity contribution in [3.63, 3.8) is 0 Å². The van der Waals surface area contributed by atoms with Crippen LogP contribution in [-0.2, 0) is 30.5 Å². The molecule has 11 heteroatoms. The molecule has 0 unspecified atom stereocenters. The molecule has 7 nitrogen and oxygen atoms in total.